The summed E-state index contributed by atoms with van der Waals surface area (Å²) in [7, 11) is 1.59. The van der Waals surface area contributed by atoms with Gasteiger partial charge in [-0.1, -0.05) is 44.2 Å². The Morgan fingerprint density at radius 3 is 2.45 bits per heavy atom. The van der Waals surface area contributed by atoms with E-state index < -0.39 is 17.7 Å². The second kappa shape index (κ2) is 9.50. The summed E-state index contributed by atoms with van der Waals surface area (Å²) < 4.78 is 5.27. The van der Waals surface area contributed by atoms with Gasteiger partial charge >= 0.3 is 0 Å². The van der Waals surface area contributed by atoms with Crippen LogP contribution in [-0.4, -0.2) is 64.9 Å². The lowest BCUT2D eigenvalue weighted by Crippen LogP contribution is -2.38. The number of nitrogens with zero attached hydrogens (tertiary/aromatic N) is 2. The summed E-state index contributed by atoms with van der Waals surface area (Å²) in [6.45, 7) is 6.85. The molecule has 172 valence electrons. The molecule has 1 amide bonds. The zero-order chi connectivity index (χ0) is 23.5. The molecule has 1 fully saturated rings. The summed E-state index contributed by atoms with van der Waals surface area (Å²) in [6.07, 6.45) is 1.67. The van der Waals surface area contributed by atoms with Crippen molar-refractivity contribution in [3.05, 3.63) is 71.4 Å². The van der Waals surface area contributed by atoms with E-state index in [1.165, 1.54) is 0 Å². The number of benzene rings is 2. The smallest absolute Gasteiger partial charge is 0.295 e. The van der Waals surface area contributed by atoms with Gasteiger partial charge in [0.2, 0.25) is 0 Å². The number of aliphatic hydroxyl groups excluding tert-OH is 1. The van der Waals surface area contributed by atoms with Gasteiger partial charge in [-0.3, -0.25) is 9.59 Å². The molecule has 33 heavy (non-hydrogen) atoms. The number of hydrogen-bond donors (Lipinski definition) is 2. The topological polar surface area (TPSA) is 85.9 Å². The number of fused-ring (bicyclic) bond motifs is 1. The number of Topliss-reactive ketones (excluding diaryl/α,β-unsaturated/α-hetero) is 1. The Balaban J connectivity index is 1.83. The standard InChI is InChI=1S/C26H29N3O4/c1-4-28(5-2)14-15-29-23(17-10-12-18(33-3)13-11-17)22(25(31)26(29)32)24(30)20-16-27-21-9-7-6-8-19(20)21/h6-13,16,23,27,30H,4-5,14-15H2,1-3H3/b24-22-. The van der Waals surface area contributed by atoms with E-state index in [0.29, 0.717) is 24.4 Å². The number of ether oxygens (including phenoxy) is 1. The lowest BCUT2D eigenvalue weighted by atomic mass is 9.95. The maximum atomic E-state index is 13.2. The Bertz CT molecular complexity index is 1190. The van der Waals surface area contributed by atoms with E-state index in [9.17, 15) is 14.7 Å². The van der Waals surface area contributed by atoms with Crippen molar-refractivity contribution in [3.63, 3.8) is 0 Å². The number of H-pyrrole nitrogens is 1. The number of aromatic nitrogens is 1. The van der Waals surface area contributed by atoms with Crippen molar-refractivity contribution in [2.24, 2.45) is 0 Å². The summed E-state index contributed by atoms with van der Waals surface area (Å²) in [6, 6.07) is 14.1. The second-order valence-electron chi connectivity index (χ2n) is 8.04. The molecular formula is C26H29N3O4. The van der Waals surface area contributed by atoms with Crippen molar-refractivity contribution in [1.82, 2.24) is 14.8 Å². The molecule has 1 aliphatic rings. The van der Waals surface area contributed by atoms with Crippen molar-refractivity contribution in [3.8, 4) is 5.75 Å². The van der Waals surface area contributed by atoms with E-state index in [1.807, 2.05) is 36.4 Å². The Morgan fingerprint density at radius 1 is 1.09 bits per heavy atom. The Kier molecular flexibility index (Phi) is 6.51. The van der Waals surface area contributed by atoms with E-state index in [0.717, 1.165) is 29.6 Å². The summed E-state index contributed by atoms with van der Waals surface area (Å²) in [5, 5.41) is 12.1. The van der Waals surface area contributed by atoms with Crippen LogP contribution < -0.4 is 4.74 Å². The Hall–Kier alpha value is -3.58. The van der Waals surface area contributed by atoms with Crippen LogP contribution in [0.3, 0.4) is 0 Å². The molecule has 0 saturated carbocycles. The molecule has 7 nitrogen and oxygen atoms in total. The number of nitrogens with one attached hydrogen (secondary N) is 1. The van der Waals surface area contributed by atoms with Crippen molar-refractivity contribution >= 4 is 28.4 Å². The highest BCUT2D eigenvalue weighted by Gasteiger charge is 2.46. The molecule has 3 aromatic rings. The van der Waals surface area contributed by atoms with Crippen molar-refractivity contribution in [2.45, 2.75) is 19.9 Å². The molecule has 2 N–H and O–H groups in total. The van der Waals surface area contributed by atoms with Crippen molar-refractivity contribution in [1.29, 1.82) is 0 Å². The monoisotopic (exact) mass is 447 g/mol. The van der Waals surface area contributed by atoms with Gasteiger partial charge in [0, 0.05) is 35.8 Å². The van der Waals surface area contributed by atoms with Gasteiger partial charge in [-0.15, -0.1) is 0 Å². The van der Waals surface area contributed by atoms with Gasteiger partial charge in [0.25, 0.3) is 11.7 Å². The molecule has 1 aliphatic heterocycles. The van der Waals surface area contributed by atoms with Crippen LogP contribution in [0.2, 0.25) is 0 Å². The molecular weight excluding hydrogens is 418 g/mol. The van der Waals surface area contributed by atoms with Gasteiger partial charge in [-0.25, -0.2) is 0 Å². The van der Waals surface area contributed by atoms with Crippen LogP contribution in [0.4, 0.5) is 0 Å². The molecule has 1 saturated heterocycles. The van der Waals surface area contributed by atoms with E-state index in [4.69, 9.17) is 4.74 Å². The van der Waals surface area contributed by atoms with Crippen LogP contribution in [0.5, 0.6) is 5.75 Å². The number of aliphatic hydroxyl groups is 1. The van der Waals surface area contributed by atoms with Crippen molar-refractivity contribution in [2.75, 3.05) is 33.3 Å². The molecule has 2 heterocycles. The molecule has 4 rings (SSSR count). The highest BCUT2D eigenvalue weighted by atomic mass is 16.5. The zero-order valence-electron chi connectivity index (χ0n) is 19.2. The molecule has 2 aromatic carbocycles. The predicted octanol–water partition coefficient (Wildman–Crippen LogP) is 3.94. The number of ketones is 1. The highest BCUT2D eigenvalue weighted by molar-refractivity contribution is 6.46. The van der Waals surface area contributed by atoms with Crippen LogP contribution in [-0.2, 0) is 9.59 Å². The minimum atomic E-state index is -0.680. The summed E-state index contributed by atoms with van der Waals surface area (Å²) in [5.74, 6) is -0.755. The van der Waals surface area contributed by atoms with Gasteiger partial charge in [0.1, 0.15) is 11.5 Å². The average Bonchev–Trinajstić information content (AvgIpc) is 3.39. The Labute approximate surface area is 193 Å². The summed E-state index contributed by atoms with van der Waals surface area (Å²) in [5.41, 5.74) is 2.20. The molecule has 1 aromatic heterocycles. The molecule has 1 unspecified atom stereocenters. The first kappa shape index (κ1) is 22.6. The lowest BCUT2D eigenvalue weighted by molar-refractivity contribution is -0.140. The van der Waals surface area contributed by atoms with Crippen LogP contribution in [0.25, 0.3) is 16.7 Å². The fourth-order valence-corrected chi connectivity index (χ4v) is 4.44. The van der Waals surface area contributed by atoms with E-state index >= 15 is 0 Å². The third-order valence-corrected chi connectivity index (χ3v) is 6.37. The van der Waals surface area contributed by atoms with Gasteiger partial charge in [0.05, 0.1) is 18.7 Å². The molecule has 0 aliphatic carbocycles. The third kappa shape index (κ3) is 4.12. The van der Waals surface area contributed by atoms with Crippen LogP contribution in [0, 0.1) is 0 Å². The number of rotatable bonds is 8. The number of likely N-dealkylation sites (tertiary alicyclic amines) is 1. The van der Waals surface area contributed by atoms with E-state index in [-0.39, 0.29) is 11.3 Å². The maximum absolute atomic E-state index is 13.2. The maximum Gasteiger partial charge on any atom is 0.295 e. The first-order valence-corrected chi connectivity index (χ1v) is 11.2. The molecule has 0 radical (unpaired) electrons. The molecule has 1 atom stereocenters. The third-order valence-electron chi connectivity index (χ3n) is 6.37. The molecule has 7 heteroatoms. The number of hydrogen-bond acceptors (Lipinski definition) is 5. The fraction of sp³-hybridized carbons (Fsp3) is 0.308. The zero-order valence-corrected chi connectivity index (χ0v) is 19.2. The normalized spacial score (nSPS) is 17.9. The summed E-state index contributed by atoms with van der Waals surface area (Å²) >= 11 is 0. The minimum Gasteiger partial charge on any atom is -0.507 e. The number of likely N-dealkylation sites (N-methyl/N-ethyl adjacent to an activating group) is 1. The number of aromatic amines is 1. The van der Waals surface area contributed by atoms with E-state index in [2.05, 4.69) is 23.7 Å². The molecule has 0 spiro atoms. The SMILES string of the molecule is CCN(CC)CCN1C(=O)C(=O)/C(=C(\O)c2c[nH]c3ccccc23)C1c1ccc(OC)cc1. The minimum absolute atomic E-state index is 0.106. The highest BCUT2D eigenvalue weighted by Crippen LogP contribution is 2.40. The van der Waals surface area contributed by atoms with Crippen LogP contribution in [0.15, 0.2) is 60.3 Å². The first-order valence-electron chi connectivity index (χ1n) is 11.2. The quantitative estimate of drug-likeness (QED) is 0.310. The van der Waals surface area contributed by atoms with E-state index in [1.54, 1.807) is 30.3 Å². The van der Waals surface area contributed by atoms with Crippen LogP contribution >= 0.6 is 0 Å². The number of para-hydroxylation sites is 1. The number of carbonyl (C=O) groups is 2. The van der Waals surface area contributed by atoms with Crippen molar-refractivity contribution < 1.29 is 19.4 Å². The van der Waals surface area contributed by atoms with Gasteiger partial charge in [-0.2, -0.15) is 0 Å². The summed E-state index contributed by atoms with van der Waals surface area (Å²) in [4.78, 5) is 33.2. The number of amides is 1. The largest absolute Gasteiger partial charge is 0.507 e. The van der Waals surface area contributed by atoms with Crippen LogP contribution in [0.1, 0.15) is 31.0 Å². The Morgan fingerprint density at radius 2 is 1.79 bits per heavy atom. The average molecular weight is 448 g/mol. The fourth-order valence-electron chi connectivity index (χ4n) is 4.44. The second-order valence-corrected chi connectivity index (χ2v) is 8.04. The first-order chi connectivity index (χ1) is 16.0. The number of carbonyl (C=O) groups excluding carboxylic acids is 2. The van der Waals surface area contributed by atoms with Gasteiger partial charge < -0.3 is 24.6 Å². The van der Waals surface area contributed by atoms with Gasteiger partial charge in [0.15, 0.2) is 0 Å². The number of methoxy groups -OCH3 is 1. The molecule has 0 bridgehead atoms. The van der Waals surface area contributed by atoms with Gasteiger partial charge in [-0.05, 0) is 36.9 Å². The predicted molar refractivity (Wildman–Crippen MR) is 128 cm³/mol. The lowest BCUT2D eigenvalue weighted by Gasteiger charge is -2.28.